The van der Waals surface area contributed by atoms with Crippen molar-refractivity contribution in [3.8, 4) is 0 Å². The maximum absolute atomic E-state index is 12.0. The summed E-state index contributed by atoms with van der Waals surface area (Å²) in [6, 6.07) is 6.79. The zero-order chi connectivity index (χ0) is 14.6. The van der Waals surface area contributed by atoms with E-state index in [1.54, 1.807) is 30.3 Å². The zero-order valence-corrected chi connectivity index (χ0v) is 12.1. The third-order valence-corrected chi connectivity index (χ3v) is 4.67. The van der Waals surface area contributed by atoms with Gasteiger partial charge in [-0.15, -0.1) is 6.58 Å². The first-order valence-corrected chi connectivity index (χ1v) is 8.14. The second kappa shape index (κ2) is 6.39. The highest BCUT2D eigenvalue weighted by Crippen LogP contribution is 2.23. The largest absolute Gasteiger partial charge is 0.395 e. The number of nitrogens with zero attached hydrogens (tertiary/aromatic N) is 1. The van der Waals surface area contributed by atoms with Gasteiger partial charge in [-0.2, -0.15) is 0 Å². The summed E-state index contributed by atoms with van der Waals surface area (Å²) in [6.07, 6.45) is 3.58. The summed E-state index contributed by atoms with van der Waals surface area (Å²) in [5.41, 5.74) is 0.865. The third-order valence-electron chi connectivity index (χ3n) is 3.13. The van der Waals surface area contributed by atoms with Crippen molar-refractivity contribution in [1.82, 2.24) is 4.72 Å². The van der Waals surface area contributed by atoms with E-state index in [2.05, 4.69) is 11.3 Å². The highest BCUT2D eigenvalue weighted by Gasteiger charge is 2.27. The van der Waals surface area contributed by atoms with Gasteiger partial charge in [-0.25, -0.2) is 13.1 Å². The highest BCUT2D eigenvalue weighted by molar-refractivity contribution is 7.89. The van der Waals surface area contributed by atoms with Crippen LogP contribution in [-0.2, 0) is 10.0 Å². The predicted molar refractivity (Wildman–Crippen MR) is 79.3 cm³/mol. The van der Waals surface area contributed by atoms with Gasteiger partial charge in [0.05, 0.1) is 11.5 Å². The quantitative estimate of drug-likeness (QED) is 0.705. The Bertz CT molecular complexity index is 550. The number of rotatable bonds is 8. The third kappa shape index (κ3) is 3.82. The molecule has 2 rings (SSSR count). The van der Waals surface area contributed by atoms with E-state index >= 15 is 0 Å². The number of anilines is 1. The summed E-state index contributed by atoms with van der Waals surface area (Å²) in [4.78, 5) is 2.20. The Balaban J connectivity index is 2.13. The molecule has 0 spiro atoms. The second-order valence-corrected chi connectivity index (χ2v) is 6.56. The van der Waals surface area contributed by atoms with Crippen LogP contribution in [0.15, 0.2) is 41.8 Å². The molecule has 0 atom stereocenters. The molecule has 1 aliphatic carbocycles. The summed E-state index contributed by atoms with van der Waals surface area (Å²) < 4.78 is 26.7. The first-order valence-electron chi connectivity index (χ1n) is 6.66. The molecular formula is C14H20N2O3S. The van der Waals surface area contributed by atoms with Gasteiger partial charge in [0.25, 0.3) is 0 Å². The second-order valence-electron chi connectivity index (χ2n) is 4.85. The number of aliphatic hydroxyl groups excluding tert-OH is 1. The predicted octanol–water partition coefficient (Wildman–Crippen LogP) is 1.11. The molecule has 1 saturated carbocycles. The lowest BCUT2D eigenvalue weighted by Crippen LogP contribution is -2.27. The van der Waals surface area contributed by atoms with Gasteiger partial charge in [-0.3, -0.25) is 0 Å². The number of hydrogen-bond acceptors (Lipinski definition) is 4. The molecular weight excluding hydrogens is 276 g/mol. The zero-order valence-electron chi connectivity index (χ0n) is 11.3. The number of hydrogen-bond donors (Lipinski definition) is 2. The topological polar surface area (TPSA) is 69.6 Å². The number of benzene rings is 1. The molecule has 2 N–H and O–H groups in total. The Labute approximate surface area is 120 Å². The van der Waals surface area contributed by atoms with Crippen LogP contribution >= 0.6 is 0 Å². The maximum Gasteiger partial charge on any atom is 0.240 e. The van der Waals surface area contributed by atoms with Gasteiger partial charge < -0.3 is 10.0 Å². The van der Waals surface area contributed by atoms with Crippen molar-refractivity contribution in [2.45, 2.75) is 23.8 Å². The van der Waals surface area contributed by atoms with Crippen molar-refractivity contribution in [3.63, 3.8) is 0 Å². The molecule has 0 aliphatic heterocycles. The fourth-order valence-corrected chi connectivity index (χ4v) is 3.23. The first kappa shape index (κ1) is 15.0. The molecule has 1 aliphatic rings. The number of aliphatic hydroxyl groups is 1. The van der Waals surface area contributed by atoms with Gasteiger partial charge in [0.2, 0.25) is 10.0 Å². The van der Waals surface area contributed by atoms with Crippen LogP contribution in [0.2, 0.25) is 0 Å². The fraction of sp³-hybridized carbons (Fsp3) is 0.429. The molecule has 0 amide bonds. The van der Waals surface area contributed by atoms with E-state index < -0.39 is 10.0 Å². The SMILES string of the molecule is C=CCN(CCO)c1ccc(S(=O)(=O)NC2CC2)cc1. The average molecular weight is 296 g/mol. The van der Waals surface area contributed by atoms with Crippen molar-refractivity contribution in [2.24, 2.45) is 0 Å². The number of nitrogens with one attached hydrogen (secondary N) is 1. The van der Waals surface area contributed by atoms with Crippen LogP contribution in [0.25, 0.3) is 0 Å². The molecule has 1 fully saturated rings. The van der Waals surface area contributed by atoms with Crippen molar-refractivity contribution in [1.29, 1.82) is 0 Å². The monoisotopic (exact) mass is 296 g/mol. The molecule has 0 saturated heterocycles. The molecule has 0 bridgehead atoms. The van der Waals surface area contributed by atoms with Crippen molar-refractivity contribution in [3.05, 3.63) is 36.9 Å². The molecule has 20 heavy (non-hydrogen) atoms. The molecule has 1 aromatic carbocycles. The highest BCUT2D eigenvalue weighted by atomic mass is 32.2. The molecule has 0 unspecified atom stereocenters. The molecule has 5 nitrogen and oxygen atoms in total. The smallest absolute Gasteiger partial charge is 0.240 e. The van der Waals surface area contributed by atoms with Gasteiger partial charge in [0.15, 0.2) is 0 Å². The van der Waals surface area contributed by atoms with E-state index in [1.807, 2.05) is 4.90 Å². The van der Waals surface area contributed by atoms with Crippen LogP contribution < -0.4 is 9.62 Å². The van der Waals surface area contributed by atoms with Crippen LogP contribution in [0.4, 0.5) is 5.69 Å². The van der Waals surface area contributed by atoms with E-state index in [0.717, 1.165) is 18.5 Å². The van der Waals surface area contributed by atoms with Crippen LogP contribution in [-0.4, -0.2) is 39.3 Å². The van der Waals surface area contributed by atoms with Crippen LogP contribution in [0.1, 0.15) is 12.8 Å². The number of sulfonamides is 1. The summed E-state index contributed by atoms with van der Waals surface area (Å²) >= 11 is 0. The maximum atomic E-state index is 12.0. The lowest BCUT2D eigenvalue weighted by atomic mass is 10.3. The standard InChI is InChI=1S/C14H20N2O3S/c1-2-9-16(10-11-17)13-5-7-14(8-6-13)20(18,19)15-12-3-4-12/h2,5-8,12,15,17H,1,3-4,9-11H2. The molecule has 1 aromatic rings. The molecule has 0 radical (unpaired) electrons. The van der Waals surface area contributed by atoms with E-state index in [9.17, 15) is 8.42 Å². The molecule has 6 heteroatoms. The van der Waals surface area contributed by atoms with E-state index in [0.29, 0.717) is 13.1 Å². The van der Waals surface area contributed by atoms with E-state index in [-0.39, 0.29) is 17.5 Å². The van der Waals surface area contributed by atoms with Gasteiger partial charge in [0, 0.05) is 24.8 Å². The minimum atomic E-state index is -3.40. The van der Waals surface area contributed by atoms with Crippen LogP contribution in [0.5, 0.6) is 0 Å². The van der Waals surface area contributed by atoms with Gasteiger partial charge in [0.1, 0.15) is 0 Å². The minimum absolute atomic E-state index is 0.0388. The van der Waals surface area contributed by atoms with Crippen molar-refractivity contribution >= 4 is 15.7 Å². The lowest BCUT2D eigenvalue weighted by Gasteiger charge is -2.22. The Morgan fingerprint density at radius 3 is 2.50 bits per heavy atom. The normalized spacial score (nSPS) is 15.1. The Morgan fingerprint density at radius 2 is 2.00 bits per heavy atom. The van der Waals surface area contributed by atoms with E-state index in [1.165, 1.54) is 0 Å². The van der Waals surface area contributed by atoms with Gasteiger partial charge in [-0.1, -0.05) is 6.08 Å². The summed E-state index contributed by atoms with van der Waals surface area (Å²) in [7, 11) is -3.40. The first-order chi connectivity index (χ1) is 9.56. The van der Waals surface area contributed by atoms with E-state index in [4.69, 9.17) is 5.11 Å². The summed E-state index contributed by atoms with van der Waals surface area (Å²) in [5, 5.41) is 9.03. The Morgan fingerprint density at radius 1 is 1.35 bits per heavy atom. The van der Waals surface area contributed by atoms with Crippen molar-refractivity contribution < 1.29 is 13.5 Å². The van der Waals surface area contributed by atoms with Gasteiger partial charge >= 0.3 is 0 Å². The lowest BCUT2D eigenvalue weighted by molar-refractivity contribution is 0.303. The minimum Gasteiger partial charge on any atom is -0.395 e. The fourth-order valence-electron chi connectivity index (χ4n) is 1.93. The van der Waals surface area contributed by atoms with Crippen LogP contribution in [0.3, 0.4) is 0 Å². The summed E-state index contributed by atoms with van der Waals surface area (Å²) in [5.74, 6) is 0. The van der Waals surface area contributed by atoms with Crippen molar-refractivity contribution in [2.75, 3.05) is 24.6 Å². The average Bonchev–Trinajstić information content (AvgIpc) is 3.22. The Hall–Kier alpha value is -1.37. The molecule has 0 aromatic heterocycles. The van der Waals surface area contributed by atoms with Gasteiger partial charge in [-0.05, 0) is 37.1 Å². The Kier molecular flexibility index (Phi) is 4.80. The van der Waals surface area contributed by atoms with Crippen LogP contribution in [0, 0.1) is 0 Å². The summed E-state index contributed by atoms with van der Waals surface area (Å²) in [6.45, 7) is 4.80. The molecule has 0 heterocycles. The molecule has 110 valence electrons.